The fraction of sp³-hybridized carbons (Fsp3) is 0.769. The van der Waals surface area contributed by atoms with Gasteiger partial charge in [-0.05, 0) is 11.8 Å². The number of likely N-dealkylation sites (N-methyl/N-ethyl adjacent to an activating group) is 1. The van der Waals surface area contributed by atoms with Gasteiger partial charge >= 0.3 is 0 Å². The van der Waals surface area contributed by atoms with Crippen LogP contribution in [0.5, 0.6) is 0 Å². The van der Waals surface area contributed by atoms with Crippen molar-refractivity contribution in [3.8, 4) is 0 Å². The average molecular weight is 265 g/mol. The van der Waals surface area contributed by atoms with Crippen molar-refractivity contribution in [2.45, 2.75) is 52.7 Å². The first kappa shape index (κ1) is 14.0. The second-order valence-corrected chi connectivity index (χ2v) is 6.33. The molecule has 1 amide bonds. The number of aromatic nitrogens is 3. The molecule has 0 unspecified atom stereocenters. The van der Waals surface area contributed by atoms with E-state index >= 15 is 0 Å². The van der Waals surface area contributed by atoms with E-state index in [1.807, 2.05) is 20.8 Å². The Morgan fingerprint density at radius 2 is 2.16 bits per heavy atom. The summed E-state index contributed by atoms with van der Waals surface area (Å²) < 4.78 is 2.10. The number of carbonyl (C=O) groups is 1. The van der Waals surface area contributed by atoms with E-state index in [2.05, 4.69) is 14.8 Å². The topological polar surface area (TPSA) is 77.0 Å². The van der Waals surface area contributed by atoms with Crippen LogP contribution in [0.1, 0.15) is 38.8 Å². The Hall–Kier alpha value is -1.43. The third-order valence-corrected chi connectivity index (χ3v) is 3.64. The van der Waals surface area contributed by atoms with Crippen LogP contribution in [-0.2, 0) is 24.3 Å². The quantitative estimate of drug-likeness (QED) is 0.866. The molecule has 0 spiro atoms. The minimum Gasteiger partial charge on any atom is -0.337 e. The highest BCUT2D eigenvalue weighted by Crippen LogP contribution is 2.20. The maximum absolute atomic E-state index is 12.3. The summed E-state index contributed by atoms with van der Waals surface area (Å²) in [4.78, 5) is 13.9. The summed E-state index contributed by atoms with van der Waals surface area (Å²) in [5, 5.41) is 8.31. The Labute approximate surface area is 114 Å². The first-order chi connectivity index (χ1) is 8.80. The maximum Gasteiger partial charge on any atom is 0.240 e. The molecule has 2 N–H and O–H groups in total. The predicted octanol–water partition coefficient (Wildman–Crippen LogP) is 0.556. The minimum absolute atomic E-state index is 0.0529. The molecule has 2 heterocycles. The summed E-state index contributed by atoms with van der Waals surface area (Å²) in [7, 11) is 1.77. The predicted molar refractivity (Wildman–Crippen MR) is 72.2 cm³/mol. The lowest BCUT2D eigenvalue weighted by molar-refractivity contribution is -0.134. The van der Waals surface area contributed by atoms with E-state index in [1.165, 1.54) is 0 Å². The Bertz CT molecular complexity index is 474. The van der Waals surface area contributed by atoms with Gasteiger partial charge in [0, 0.05) is 20.0 Å². The standard InChI is InChI=1S/C13H23N5O/c1-13(2,3)11(14)12(19)17(4)8-10-16-15-9-6-5-7-18(9)10/h11H,5-8,14H2,1-4H3/t11-/m1/s1. The van der Waals surface area contributed by atoms with Crippen molar-refractivity contribution < 1.29 is 4.79 Å². The third kappa shape index (κ3) is 2.78. The van der Waals surface area contributed by atoms with Gasteiger partial charge in [0.25, 0.3) is 0 Å². The number of nitrogens with two attached hydrogens (primary N) is 1. The lowest BCUT2D eigenvalue weighted by Gasteiger charge is -2.29. The molecule has 1 aromatic rings. The van der Waals surface area contributed by atoms with Crippen molar-refractivity contribution in [1.82, 2.24) is 19.7 Å². The van der Waals surface area contributed by atoms with Crippen LogP contribution in [0.2, 0.25) is 0 Å². The van der Waals surface area contributed by atoms with Crippen molar-refractivity contribution in [2.75, 3.05) is 7.05 Å². The van der Waals surface area contributed by atoms with Crippen LogP contribution in [0.4, 0.5) is 0 Å². The molecule has 106 valence electrons. The van der Waals surface area contributed by atoms with Gasteiger partial charge in [0.1, 0.15) is 5.82 Å². The molecule has 19 heavy (non-hydrogen) atoms. The molecule has 1 atom stereocenters. The summed E-state index contributed by atoms with van der Waals surface area (Å²) in [6, 6.07) is -0.501. The van der Waals surface area contributed by atoms with Crippen molar-refractivity contribution in [2.24, 2.45) is 11.1 Å². The van der Waals surface area contributed by atoms with E-state index in [0.717, 1.165) is 31.0 Å². The van der Waals surface area contributed by atoms with E-state index in [1.54, 1.807) is 11.9 Å². The average Bonchev–Trinajstić information content (AvgIpc) is 2.90. The fourth-order valence-corrected chi connectivity index (χ4v) is 2.23. The molecule has 1 aromatic heterocycles. The Morgan fingerprint density at radius 3 is 2.79 bits per heavy atom. The monoisotopic (exact) mass is 265 g/mol. The summed E-state index contributed by atoms with van der Waals surface area (Å²) >= 11 is 0. The second-order valence-electron chi connectivity index (χ2n) is 6.33. The van der Waals surface area contributed by atoms with Crippen LogP contribution < -0.4 is 5.73 Å². The number of hydrogen-bond acceptors (Lipinski definition) is 4. The maximum atomic E-state index is 12.3. The number of nitrogens with zero attached hydrogens (tertiary/aromatic N) is 4. The lowest BCUT2D eigenvalue weighted by Crippen LogP contribution is -2.49. The summed E-state index contributed by atoms with van der Waals surface area (Å²) in [6.45, 7) is 7.33. The van der Waals surface area contributed by atoms with Gasteiger partial charge in [-0.3, -0.25) is 4.79 Å². The van der Waals surface area contributed by atoms with Gasteiger partial charge in [-0.2, -0.15) is 0 Å². The molecular weight excluding hydrogens is 242 g/mol. The SMILES string of the molecule is CN(Cc1nnc2n1CCC2)C(=O)[C@@H](N)C(C)(C)C. The largest absolute Gasteiger partial charge is 0.337 e. The highest BCUT2D eigenvalue weighted by atomic mass is 16.2. The van der Waals surface area contributed by atoms with Crippen molar-refractivity contribution in [1.29, 1.82) is 0 Å². The Kier molecular flexibility index (Phi) is 3.62. The molecule has 0 bridgehead atoms. The van der Waals surface area contributed by atoms with Crippen LogP contribution in [0, 0.1) is 5.41 Å². The van der Waals surface area contributed by atoms with Crippen LogP contribution in [0.25, 0.3) is 0 Å². The third-order valence-electron chi connectivity index (χ3n) is 3.64. The molecule has 0 radical (unpaired) electrons. The van der Waals surface area contributed by atoms with Crippen LogP contribution in [-0.4, -0.2) is 38.7 Å². The Morgan fingerprint density at radius 1 is 1.47 bits per heavy atom. The fourth-order valence-electron chi connectivity index (χ4n) is 2.23. The zero-order chi connectivity index (χ0) is 14.2. The number of rotatable bonds is 3. The smallest absolute Gasteiger partial charge is 0.240 e. The summed E-state index contributed by atoms with van der Waals surface area (Å²) in [5.74, 6) is 1.82. The zero-order valence-electron chi connectivity index (χ0n) is 12.2. The molecule has 6 nitrogen and oxygen atoms in total. The van der Waals surface area contributed by atoms with Crippen LogP contribution in [0.15, 0.2) is 0 Å². The van der Waals surface area contributed by atoms with E-state index in [9.17, 15) is 4.79 Å². The van der Waals surface area contributed by atoms with E-state index < -0.39 is 6.04 Å². The van der Waals surface area contributed by atoms with Crippen molar-refractivity contribution in [3.63, 3.8) is 0 Å². The van der Waals surface area contributed by atoms with Gasteiger partial charge < -0.3 is 15.2 Å². The Balaban J connectivity index is 2.05. The van der Waals surface area contributed by atoms with Gasteiger partial charge in [0.15, 0.2) is 5.82 Å². The summed E-state index contributed by atoms with van der Waals surface area (Å²) in [5.41, 5.74) is 5.76. The molecule has 0 fully saturated rings. The summed E-state index contributed by atoms with van der Waals surface area (Å²) in [6.07, 6.45) is 2.09. The molecule has 0 aliphatic carbocycles. The second kappa shape index (κ2) is 4.92. The molecular formula is C13H23N5O. The number of fused-ring (bicyclic) bond motifs is 1. The van der Waals surface area contributed by atoms with Crippen molar-refractivity contribution in [3.05, 3.63) is 11.6 Å². The number of carbonyl (C=O) groups excluding carboxylic acids is 1. The van der Waals surface area contributed by atoms with Gasteiger partial charge in [-0.15, -0.1) is 10.2 Å². The molecule has 6 heteroatoms. The highest BCUT2D eigenvalue weighted by molar-refractivity contribution is 5.82. The molecule has 0 aromatic carbocycles. The minimum atomic E-state index is -0.501. The first-order valence-electron chi connectivity index (χ1n) is 6.72. The molecule has 0 saturated heterocycles. The molecule has 2 rings (SSSR count). The van der Waals surface area contributed by atoms with Gasteiger partial charge in [0.2, 0.25) is 5.91 Å². The van der Waals surface area contributed by atoms with Crippen molar-refractivity contribution >= 4 is 5.91 Å². The van der Waals surface area contributed by atoms with Gasteiger partial charge in [-0.25, -0.2) is 0 Å². The molecule has 0 saturated carbocycles. The van der Waals surface area contributed by atoms with E-state index in [-0.39, 0.29) is 11.3 Å². The number of amides is 1. The van der Waals surface area contributed by atoms with Crippen LogP contribution >= 0.6 is 0 Å². The molecule has 1 aliphatic heterocycles. The molecule has 1 aliphatic rings. The normalized spacial score (nSPS) is 16.3. The van der Waals surface area contributed by atoms with E-state index in [0.29, 0.717) is 6.54 Å². The van der Waals surface area contributed by atoms with Gasteiger partial charge in [-0.1, -0.05) is 20.8 Å². The number of hydrogen-bond donors (Lipinski definition) is 1. The van der Waals surface area contributed by atoms with Crippen LogP contribution in [0.3, 0.4) is 0 Å². The number of aryl methyl sites for hydroxylation is 1. The zero-order valence-corrected chi connectivity index (χ0v) is 12.2. The van der Waals surface area contributed by atoms with Gasteiger partial charge in [0.05, 0.1) is 12.6 Å². The highest BCUT2D eigenvalue weighted by Gasteiger charge is 2.30. The van der Waals surface area contributed by atoms with E-state index in [4.69, 9.17) is 5.73 Å². The lowest BCUT2D eigenvalue weighted by atomic mass is 9.86. The first-order valence-corrected chi connectivity index (χ1v) is 6.72.